The maximum Gasteiger partial charge on any atom is 0.305 e. The molecule has 0 radical (unpaired) electrons. The quantitative estimate of drug-likeness (QED) is 0.740. The van der Waals surface area contributed by atoms with Gasteiger partial charge in [-0.3, -0.25) is 9.69 Å². The molecule has 0 unspecified atom stereocenters. The Labute approximate surface area is 141 Å². The van der Waals surface area contributed by atoms with E-state index in [4.69, 9.17) is 27.9 Å². The summed E-state index contributed by atoms with van der Waals surface area (Å²) in [5.74, 6) is -0.102. The van der Waals surface area contributed by atoms with Gasteiger partial charge in [0.2, 0.25) is 0 Å². The van der Waals surface area contributed by atoms with Gasteiger partial charge in [-0.2, -0.15) is 0 Å². The maximum atomic E-state index is 11.3. The van der Waals surface area contributed by atoms with Crippen molar-refractivity contribution in [2.24, 2.45) is 0 Å². The highest BCUT2D eigenvalue weighted by Crippen LogP contribution is 2.26. The lowest BCUT2D eigenvalue weighted by Crippen LogP contribution is -2.46. The Morgan fingerprint density at radius 3 is 2.36 bits per heavy atom. The molecule has 1 aromatic rings. The number of halogens is 2. The van der Waals surface area contributed by atoms with E-state index in [2.05, 4.69) is 9.80 Å². The molecule has 2 rings (SSSR count). The molecule has 1 saturated heterocycles. The van der Waals surface area contributed by atoms with Crippen molar-refractivity contribution in [3.05, 3.63) is 28.2 Å². The van der Waals surface area contributed by atoms with Crippen LogP contribution in [0.4, 0.5) is 5.69 Å². The highest BCUT2D eigenvalue weighted by molar-refractivity contribution is 6.35. The van der Waals surface area contributed by atoms with Gasteiger partial charge in [-0.25, -0.2) is 0 Å². The summed E-state index contributed by atoms with van der Waals surface area (Å²) >= 11 is 12.1. The fourth-order valence-corrected chi connectivity index (χ4v) is 3.15. The standard InChI is InChI=1S/C16H22Cl2N2O2/c1-2-22-16(21)4-3-5-19-6-8-20(9-7-19)15-11-13(17)10-14(18)12-15/h10-12H,2-9H2,1H3. The summed E-state index contributed by atoms with van der Waals surface area (Å²) in [5.41, 5.74) is 1.07. The van der Waals surface area contributed by atoms with Crippen molar-refractivity contribution in [2.45, 2.75) is 19.8 Å². The van der Waals surface area contributed by atoms with Crippen LogP contribution in [-0.2, 0) is 9.53 Å². The van der Waals surface area contributed by atoms with E-state index in [1.807, 2.05) is 19.1 Å². The van der Waals surface area contributed by atoms with Crippen LogP contribution in [0.5, 0.6) is 0 Å². The smallest absolute Gasteiger partial charge is 0.305 e. The highest BCUT2D eigenvalue weighted by atomic mass is 35.5. The third kappa shape index (κ3) is 5.34. The van der Waals surface area contributed by atoms with Crippen molar-refractivity contribution >= 4 is 34.9 Å². The minimum Gasteiger partial charge on any atom is -0.466 e. The lowest BCUT2D eigenvalue weighted by Gasteiger charge is -2.36. The molecule has 0 N–H and O–H groups in total. The Morgan fingerprint density at radius 2 is 1.77 bits per heavy atom. The van der Waals surface area contributed by atoms with Crippen LogP contribution in [0.3, 0.4) is 0 Å². The molecular weight excluding hydrogens is 323 g/mol. The highest BCUT2D eigenvalue weighted by Gasteiger charge is 2.17. The van der Waals surface area contributed by atoms with Crippen molar-refractivity contribution in [1.82, 2.24) is 4.90 Å². The van der Waals surface area contributed by atoms with Gasteiger partial charge in [-0.15, -0.1) is 0 Å². The van der Waals surface area contributed by atoms with E-state index in [9.17, 15) is 4.79 Å². The molecule has 0 spiro atoms. The number of benzene rings is 1. The number of carbonyl (C=O) groups excluding carboxylic acids is 1. The number of esters is 1. The average molecular weight is 345 g/mol. The molecule has 122 valence electrons. The van der Waals surface area contributed by atoms with Crippen LogP contribution in [0, 0.1) is 0 Å². The molecule has 0 amide bonds. The first-order chi connectivity index (χ1) is 10.6. The first-order valence-corrected chi connectivity index (χ1v) is 8.43. The third-order valence-corrected chi connectivity index (χ3v) is 4.18. The first kappa shape index (κ1) is 17.4. The van der Waals surface area contributed by atoms with E-state index in [0.29, 0.717) is 23.1 Å². The Kier molecular flexibility index (Phi) is 6.80. The van der Waals surface area contributed by atoms with Gasteiger partial charge in [0.05, 0.1) is 6.61 Å². The Hall–Kier alpha value is -0.970. The minimum atomic E-state index is -0.102. The van der Waals surface area contributed by atoms with Crippen molar-refractivity contribution in [3.63, 3.8) is 0 Å². The molecule has 1 heterocycles. The summed E-state index contributed by atoms with van der Waals surface area (Å²) in [6, 6.07) is 5.64. The number of rotatable bonds is 6. The maximum absolute atomic E-state index is 11.3. The van der Waals surface area contributed by atoms with Crippen LogP contribution >= 0.6 is 23.2 Å². The van der Waals surface area contributed by atoms with E-state index in [1.165, 1.54) is 0 Å². The molecule has 1 aliphatic heterocycles. The molecule has 22 heavy (non-hydrogen) atoms. The number of anilines is 1. The summed E-state index contributed by atoms with van der Waals surface area (Å²) in [6.45, 7) is 7.06. The zero-order valence-electron chi connectivity index (χ0n) is 12.9. The second kappa shape index (κ2) is 8.61. The molecule has 1 aromatic carbocycles. The molecule has 0 bridgehead atoms. The Balaban J connectivity index is 1.74. The largest absolute Gasteiger partial charge is 0.466 e. The van der Waals surface area contributed by atoms with Crippen molar-refractivity contribution in [1.29, 1.82) is 0 Å². The number of hydrogen-bond acceptors (Lipinski definition) is 4. The predicted octanol–water partition coefficient (Wildman–Crippen LogP) is 3.46. The molecule has 0 aliphatic carbocycles. The SMILES string of the molecule is CCOC(=O)CCCN1CCN(c2cc(Cl)cc(Cl)c2)CC1. The van der Waals surface area contributed by atoms with Crippen LogP contribution in [0.25, 0.3) is 0 Å². The van der Waals surface area contributed by atoms with Crippen LogP contribution in [0.2, 0.25) is 10.0 Å². The molecule has 4 nitrogen and oxygen atoms in total. The number of piperazine rings is 1. The van der Waals surface area contributed by atoms with Crippen molar-refractivity contribution in [3.8, 4) is 0 Å². The van der Waals surface area contributed by atoms with E-state index < -0.39 is 0 Å². The number of ether oxygens (including phenoxy) is 1. The molecule has 0 saturated carbocycles. The predicted molar refractivity (Wildman–Crippen MR) is 91.0 cm³/mol. The average Bonchev–Trinajstić information content (AvgIpc) is 2.47. The normalized spacial score (nSPS) is 15.9. The van der Waals surface area contributed by atoms with Crippen molar-refractivity contribution in [2.75, 3.05) is 44.2 Å². The van der Waals surface area contributed by atoms with Gasteiger partial charge in [0.1, 0.15) is 0 Å². The monoisotopic (exact) mass is 344 g/mol. The first-order valence-electron chi connectivity index (χ1n) is 7.67. The molecule has 0 atom stereocenters. The summed E-state index contributed by atoms with van der Waals surface area (Å²) < 4.78 is 4.94. The van der Waals surface area contributed by atoms with Crippen LogP contribution in [0.1, 0.15) is 19.8 Å². The van der Waals surface area contributed by atoms with Gasteiger partial charge in [-0.05, 0) is 38.1 Å². The zero-order chi connectivity index (χ0) is 15.9. The summed E-state index contributed by atoms with van der Waals surface area (Å²) in [4.78, 5) is 16.0. The second-order valence-electron chi connectivity index (χ2n) is 5.36. The Bertz CT molecular complexity index is 483. The molecule has 1 aliphatic rings. The van der Waals surface area contributed by atoms with Gasteiger partial charge >= 0.3 is 5.97 Å². The number of hydrogen-bond donors (Lipinski definition) is 0. The van der Waals surface area contributed by atoms with E-state index in [-0.39, 0.29) is 5.97 Å². The molecular formula is C16H22Cl2N2O2. The fourth-order valence-electron chi connectivity index (χ4n) is 2.63. The lowest BCUT2D eigenvalue weighted by molar-refractivity contribution is -0.143. The Morgan fingerprint density at radius 1 is 1.14 bits per heavy atom. The van der Waals surface area contributed by atoms with E-state index >= 15 is 0 Å². The zero-order valence-corrected chi connectivity index (χ0v) is 14.4. The van der Waals surface area contributed by atoms with Gasteiger partial charge in [0.25, 0.3) is 0 Å². The second-order valence-corrected chi connectivity index (χ2v) is 6.24. The molecule has 1 fully saturated rings. The third-order valence-electron chi connectivity index (χ3n) is 3.75. The van der Waals surface area contributed by atoms with Crippen molar-refractivity contribution < 1.29 is 9.53 Å². The van der Waals surface area contributed by atoms with E-state index in [0.717, 1.165) is 44.8 Å². The van der Waals surface area contributed by atoms with Crippen LogP contribution in [-0.4, -0.2) is 50.2 Å². The number of nitrogens with zero attached hydrogens (tertiary/aromatic N) is 2. The van der Waals surface area contributed by atoms with Crippen LogP contribution in [0.15, 0.2) is 18.2 Å². The van der Waals surface area contributed by atoms with E-state index in [1.54, 1.807) is 6.07 Å². The summed E-state index contributed by atoms with van der Waals surface area (Å²) in [5, 5.41) is 1.33. The molecule has 0 aromatic heterocycles. The summed E-state index contributed by atoms with van der Waals surface area (Å²) in [7, 11) is 0. The van der Waals surface area contributed by atoms with Gasteiger partial charge < -0.3 is 9.64 Å². The molecule has 6 heteroatoms. The number of carbonyl (C=O) groups is 1. The topological polar surface area (TPSA) is 32.8 Å². The van der Waals surface area contributed by atoms with Gasteiger partial charge in [-0.1, -0.05) is 23.2 Å². The van der Waals surface area contributed by atoms with Gasteiger partial charge in [0.15, 0.2) is 0 Å². The fraction of sp³-hybridized carbons (Fsp3) is 0.562. The van der Waals surface area contributed by atoms with Gasteiger partial charge in [0, 0.05) is 48.3 Å². The lowest BCUT2D eigenvalue weighted by atomic mass is 10.2. The minimum absolute atomic E-state index is 0.102. The summed E-state index contributed by atoms with van der Waals surface area (Å²) in [6.07, 6.45) is 1.35. The van der Waals surface area contributed by atoms with Crippen LogP contribution < -0.4 is 4.90 Å².